The number of piperidine rings is 1. The summed E-state index contributed by atoms with van der Waals surface area (Å²) >= 11 is 0. The molecule has 0 aromatic carbocycles. The molecular weight excluding hydrogens is 220 g/mol. The van der Waals surface area contributed by atoms with Crippen LogP contribution in [-0.2, 0) is 0 Å². The molecule has 1 aliphatic rings. The lowest BCUT2D eigenvalue weighted by atomic mass is 9.94. The number of nitrogens with two attached hydrogens (primary N) is 1. The van der Waals surface area contributed by atoms with Gasteiger partial charge < -0.3 is 10.6 Å². The molecule has 2 N–H and O–H groups in total. The van der Waals surface area contributed by atoms with Gasteiger partial charge in [0, 0.05) is 6.04 Å². The van der Waals surface area contributed by atoms with Crippen molar-refractivity contribution in [2.45, 2.75) is 77.7 Å². The first-order valence-corrected chi connectivity index (χ1v) is 8.25. The van der Waals surface area contributed by atoms with Crippen molar-refractivity contribution in [1.82, 2.24) is 4.90 Å². The molecule has 0 radical (unpaired) electrons. The number of hydrogen-bond acceptors (Lipinski definition) is 2. The smallest absolute Gasteiger partial charge is 0.00951 e. The minimum atomic E-state index is 0.862. The van der Waals surface area contributed by atoms with E-state index in [0.29, 0.717) is 0 Å². The van der Waals surface area contributed by atoms with Crippen molar-refractivity contribution in [2.24, 2.45) is 11.7 Å². The van der Waals surface area contributed by atoms with E-state index >= 15 is 0 Å². The molecule has 2 nitrogen and oxygen atoms in total. The number of rotatable bonds is 9. The Bertz CT molecular complexity index is 192. The van der Waals surface area contributed by atoms with Gasteiger partial charge in [-0.2, -0.15) is 0 Å². The van der Waals surface area contributed by atoms with Crippen LogP contribution in [-0.4, -0.2) is 30.6 Å². The molecule has 0 bridgehead atoms. The van der Waals surface area contributed by atoms with Crippen LogP contribution in [0.3, 0.4) is 0 Å². The lowest BCUT2D eigenvalue weighted by Crippen LogP contribution is -2.40. The van der Waals surface area contributed by atoms with Crippen LogP contribution in [0.25, 0.3) is 0 Å². The van der Waals surface area contributed by atoms with Gasteiger partial charge >= 0.3 is 0 Å². The van der Waals surface area contributed by atoms with Gasteiger partial charge in [0.1, 0.15) is 0 Å². The van der Waals surface area contributed by atoms with Gasteiger partial charge in [0.15, 0.2) is 0 Å². The number of likely N-dealkylation sites (tertiary alicyclic amines) is 1. The van der Waals surface area contributed by atoms with Crippen molar-refractivity contribution in [2.75, 3.05) is 19.6 Å². The highest BCUT2D eigenvalue weighted by Crippen LogP contribution is 2.22. The van der Waals surface area contributed by atoms with Gasteiger partial charge in [-0.1, -0.05) is 33.1 Å². The first-order valence-electron chi connectivity index (χ1n) is 8.25. The molecular formula is C16H34N2. The van der Waals surface area contributed by atoms with E-state index in [4.69, 9.17) is 5.73 Å². The predicted octanol–water partition coefficient (Wildman–Crippen LogP) is 3.80. The van der Waals surface area contributed by atoms with E-state index in [1.54, 1.807) is 0 Å². The second-order valence-corrected chi connectivity index (χ2v) is 5.97. The highest BCUT2D eigenvalue weighted by Gasteiger charge is 2.21. The maximum absolute atomic E-state index is 5.67. The maximum Gasteiger partial charge on any atom is 0.00951 e. The molecule has 108 valence electrons. The van der Waals surface area contributed by atoms with Gasteiger partial charge in [-0.25, -0.2) is 0 Å². The fraction of sp³-hybridized carbons (Fsp3) is 1.00. The van der Waals surface area contributed by atoms with Crippen molar-refractivity contribution in [3.8, 4) is 0 Å². The molecule has 18 heavy (non-hydrogen) atoms. The van der Waals surface area contributed by atoms with Crippen molar-refractivity contribution >= 4 is 0 Å². The maximum atomic E-state index is 5.67. The summed E-state index contributed by atoms with van der Waals surface area (Å²) in [6.07, 6.45) is 12.3. The Morgan fingerprint density at radius 3 is 2.72 bits per heavy atom. The van der Waals surface area contributed by atoms with E-state index < -0.39 is 0 Å². The van der Waals surface area contributed by atoms with Crippen LogP contribution in [0, 0.1) is 5.92 Å². The molecule has 0 spiro atoms. The molecule has 1 heterocycles. The molecule has 2 unspecified atom stereocenters. The van der Waals surface area contributed by atoms with Crippen LogP contribution < -0.4 is 5.73 Å². The Balaban J connectivity index is 2.22. The van der Waals surface area contributed by atoms with Gasteiger partial charge in [0.25, 0.3) is 0 Å². The molecule has 0 aliphatic carbocycles. The molecule has 1 fully saturated rings. The monoisotopic (exact) mass is 254 g/mol. The van der Waals surface area contributed by atoms with E-state index in [9.17, 15) is 0 Å². The van der Waals surface area contributed by atoms with E-state index in [2.05, 4.69) is 18.7 Å². The largest absolute Gasteiger partial charge is 0.330 e. The Kier molecular flexibility index (Phi) is 8.70. The Morgan fingerprint density at radius 2 is 2.06 bits per heavy atom. The quantitative estimate of drug-likeness (QED) is 0.678. The van der Waals surface area contributed by atoms with Crippen molar-refractivity contribution in [3.63, 3.8) is 0 Å². The Morgan fingerprint density at radius 1 is 1.22 bits per heavy atom. The third-order valence-corrected chi connectivity index (χ3v) is 4.58. The predicted molar refractivity (Wildman–Crippen MR) is 80.8 cm³/mol. The van der Waals surface area contributed by atoms with Crippen LogP contribution in [0.4, 0.5) is 0 Å². The molecule has 0 saturated carbocycles. The summed E-state index contributed by atoms with van der Waals surface area (Å²) in [5, 5.41) is 0. The number of hydrogen-bond donors (Lipinski definition) is 1. The zero-order valence-corrected chi connectivity index (χ0v) is 12.7. The second-order valence-electron chi connectivity index (χ2n) is 5.97. The summed E-state index contributed by atoms with van der Waals surface area (Å²) in [4.78, 5) is 2.77. The summed E-state index contributed by atoms with van der Waals surface area (Å²) in [6.45, 7) is 8.16. The Labute approximate surface area is 114 Å². The standard InChI is InChI=1S/C16H34N2/c1-3-8-16-10-5-6-13-18(16)14-7-9-15(4-2)11-12-17/h15-16H,3-14,17H2,1-2H3. The van der Waals surface area contributed by atoms with E-state index in [0.717, 1.165) is 18.5 Å². The molecule has 1 aliphatic heterocycles. The van der Waals surface area contributed by atoms with Crippen molar-refractivity contribution in [1.29, 1.82) is 0 Å². The van der Waals surface area contributed by atoms with E-state index in [1.165, 1.54) is 70.9 Å². The number of nitrogens with zero attached hydrogens (tertiary/aromatic N) is 1. The SMILES string of the molecule is CCCC1CCCCN1CCCC(CC)CCN. The fourth-order valence-electron chi connectivity index (χ4n) is 3.39. The molecule has 0 aromatic heterocycles. The average molecular weight is 254 g/mol. The van der Waals surface area contributed by atoms with E-state index in [1.807, 2.05) is 0 Å². The summed E-state index contributed by atoms with van der Waals surface area (Å²) in [7, 11) is 0. The third kappa shape index (κ3) is 5.71. The normalized spacial score (nSPS) is 23.2. The minimum absolute atomic E-state index is 0.862. The first kappa shape index (κ1) is 16.0. The van der Waals surface area contributed by atoms with Crippen molar-refractivity contribution in [3.05, 3.63) is 0 Å². The van der Waals surface area contributed by atoms with Gasteiger partial charge in [0.05, 0.1) is 0 Å². The van der Waals surface area contributed by atoms with Gasteiger partial charge in [0.2, 0.25) is 0 Å². The van der Waals surface area contributed by atoms with Gasteiger partial charge in [-0.15, -0.1) is 0 Å². The second kappa shape index (κ2) is 9.80. The molecule has 0 aromatic rings. The molecule has 2 heteroatoms. The average Bonchev–Trinajstić information content (AvgIpc) is 2.40. The summed E-state index contributed by atoms with van der Waals surface area (Å²) in [6, 6.07) is 0.887. The summed E-state index contributed by atoms with van der Waals surface area (Å²) < 4.78 is 0. The van der Waals surface area contributed by atoms with Crippen LogP contribution in [0.2, 0.25) is 0 Å². The molecule has 1 rings (SSSR count). The van der Waals surface area contributed by atoms with E-state index in [-0.39, 0.29) is 0 Å². The van der Waals surface area contributed by atoms with Crippen LogP contribution in [0.5, 0.6) is 0 Å². The lowest BCUT2D eigenvalue weighted by Gasteiger charge is -2.36. The Hall–Kier alpha value is -0.0800. The van der Waals surface area contributed by atoms with Crippen LogP contribution >= 0.6 is 0 Å². The molecule has 1 saturated heterocycles. The zero-order valence-electron chi connectivity index (χ0n) is 12.7. The lowest BCUT2D eigenvalue weighted by molar-refractivity contribution is 0.134. The molecule has 2 atom stereocenters. The third-order valence-electron chi connectivity index (χ3n) is 4.58. The van der Waals surface area contributed by atoms with Crippen LogP contribution in [0.15, 0.2) is 0 Å². The summed E-state index contributed by atoms with van der Waals surface area (Å²) in [5.41, 5.74) is 5.67. The minimum Gasteiger partial charge on any atom is -0.330 e. The highest BCUT2D eigenvalue weighted by molar-refractivity contribution is 4.76. The van der Waals surface area contributed by atoms with Crippen molar-refractivity contribution < 1.29 is 0 Å². The van der Waals surface area contributed by atoms with Crippen LogP contribution in [0.1, 0.15) is 71.6 Å². The first-order chi connectivity index (χ1) is 8.81. The fourth-order valence-corrected chi connectivity index (χ4v) is 3.39. The molecule has 0 amide bonds. The highest BCUT2D eigenvalue weighted by atomic mass is 15.2. The zero-order chi connectivity index (χ0) is 13.2. The summed E-state index contributed by atoms with van der Waals surface area (Å²) in [5.74, 6) is 0.865. The topological polar surface area (TPSA) is 29.3 Å². The van der Waals surface area contributed by atoms with Gasteiger partial charge in [-0.05, 0) is 64.1 Å². The van der Waals surface area contributed by atoms with Gasteiger partial charge in [-0.3, -0.25) is 0 Å².